The van der Waals surface area contributed by atoms with E-state index in [9.17, 15) is 18.1 Å². The molecule has 0 radical (unpaired) electrons. The Morgan fingerprint density at radius 1 is 1.35 bits per heavy atom. The Labute approximate surface area is 138 Å². The lowest BCUT2D eigenvalue weighted by atomic mass is 9.88. The molecule has 130 valence electrons. The minimum absolute atomic E-state index is 0.00499. The Kier molecular flexibility index (Phi) is 6.56. The molecule has 0 heterocycles. The second-order valence-corrected chi connectivity index (χ2v) is 8.25. The van der Waals surface area contributed by atoms with E-state index < -0.39 is 39.6 Å². The van der Waals surface area contributed by atoms with Crippen molar-refractivity contribution < 1.29 is 22.9 Å². The fraction of sp³-hybridized carbons (Fsp3) is 0.562. The van der Waals surface area contributed by atoms with Gasteiger partial charge in [-0.3, -0.25) is 0 Å². The van der Waals surface area contributed by atoms with Crippen molar-refractivity contribution in [2.75, 3.05) is 6.61 Å². The SMILES string of the molecule is CCOC(=O)[C@@H](F)[C@](C)(N[S+]([O-])C(C)(C)C)c1ccccc1F. The summed E-state index contributed by atoms with van der Waals surface area (Å²) >= 11 is -1.72. The largest absolute Gasteiger partial charge is 0.598 e. The Balaban J connectivity index is 3.30. The summed E-state index contributed by atoms with van der Waals surface area (Å²) < 4.78 is 48.0. The highest BCUT2D eigenvalue weighted by Gasteiger charge is 2.49. The molecule has 0 fully saturated rings. The summed E-state index contributed by atoms with van der Waals surface area (Å²) in [4.78, 5) is 11.8. The average molecular weight is 347 g/mol. The topological polar surface area (TPSA) is 61.4 Å². The maximum atomic E-state index is 14.8. The minimum atomic E-state index is -2.22. The van der Waals surface area contributed by atoms with Crippen LogP contribution < -0.4 is 4.72 Å². The predicted molar refractivity (Wildman–Crippen MR) is 86.3 cm³/mol. The molecule has 0 bridgehead atoms. The first-order valence-corrected chi connectivity index (χ1v) is 8.44. The number of alkyl halides is 1. The molecule has 0 saturated heterocycles. The number of esters is 1. The van der Waals surface area contributed by atoms with Gasteiger partial charge in [0, 0.05) is 16.9 Å². The first kappa shape index (κ1) is 19.9. The van der Waals surface area contributed by atoms with Gasteiger partial charge in [0.25, 0.3) is 0 Å². The summed E-state index contributed by atoms with van der Waals surface area (Å²) in [7, 11) is 0. The van der Waals surface area contributed by atoms with Crippen molar-refractivity contribution in [2.45, 2.75) is 51.1 Å². The molecule has 7 heteroatoms. The fourth-order valence-electron chi connectivity index (χ4n) is 1.92. The van der Waals surface area contributed by atoms with E-state index in [1.807, 2.05) is 0 Å². The Bertz CT molecular complexity index is 550. The predicted octanol–water partition coefficient (Wildman–Crippen LogP) is 2.99. The van der Waals surface area contributed by atoms with Crippen molar-refractivity contribution in [1.82, 2.24) is 4.72 Å². The summed E-state index contributed by atoms with van der Waals surface area (Å²) in [6.45, 7) is 7.91. The highest BCUT2D eigenvalue weighted by Crippen LogP contribution is 2.32. The smallest absolute Gasteiger partial charge is 0.343 e. The number of rotatable bonds is 6. The third kappa shape index (κ3) is 4.65. The summed E-state index contributed by atoms with van der Waals surface area (Å²) in [5.41, 5.74) is -1.91. The molecule has 1 unspecified atom stereocenters. The van der Waals surface area contributed by atoms with Crippen LogP contribution in [0.4, 0.5) is 8.78 Å². The van der Waals surface area contributed by atoms with Gasteiger partial charge in [0.2, 0.25) is 6.17 Å². The minimum Gasteiger partial charge on any atom is -0.598 e. The van der Waals surface area contributed by atoms with Gasteiger partial charge in [-0.1, -0.05) is 18.2 Å². The molecule has 0 saturated carbocycles. The summed E-state index contributed by atoms with van der Waals surface area (Å²) in [6.07, 6.45) is -2.22. The molecule has 1 N–H and O–H groups in total. The molecule has 0 amide bonds. The maximum Gasteiger partial charge on any atom is 0.343 e. The van der Waals surface area contributed by atoms with E-state index >= 15 is 0 Å². The van der Waals surface area contributed by atoms with Crippen molar-refractivity contribution in [3.63, 3.8) is 0 Å². The van der Waals surface area contributed by atoms with Crippen LogP contribution in [0, 0.1) is 5.82 Å². The molecule has 4 nitrogen and oxygen atoms in total. The average Bonchev–Trinajstić information content (AvgIpc) is 2.45. The molecule has 0 aliphatic rings. The number of hydrogen-bond acceptors (Lipinski definition) is 4. The van der Waals surface area contributed by atoms with Gasteiger partial charge >= 0.3 is 5.97 Å². The summed E-state index contributed by atoms with van der Waals surface area (Å²) in [5, 5.41) is 0. The standard InChI is InChI=1S/C16H23F2NO3S/c1-6-22-14(20)13(18)16(5,19-23(21)15(2,3)4)11-9-7-8-10-12(11)17/h7-10,13,19H,6H2,1-5H3/t13-,16-,23?/m1/s1. The van der Waals surface area contributed by atoms with E-state index in [-0.39, 0.29) is 12.2 Å². The van der Waals surface area contributed by atoms with Gasteiger partial charge in [-0.05, 0) is 40.7 Å². The van der Waals surface area contributed by atoms with E-state index in [0.29, 0.717) is 0 Å². The first-order valence-electron chi connectivity index (χ1n) is 7.29. The van der Waals surface area contributed by atoms with Gasteiger partial charge < -0.3 is 9.29 Å². The molecule has 3 atom stereocenters. The van der Waals surface area contributed by atoms with Crippen LogP contribution in [0.3, 0.4) is 0 Å². The second kappa shape index (κ2) is 7.59. The normalized spacial score (nSPS) is 17.2. The van der Waals surface area contributed by atoms with E-state index in [4.69, 9.17) is 4.74 Å². The lowest BCUT2D eigenvalue weighted by Crippen LogP contribution is -2.57. The van der Waals surface area contributed by atoms with Crippen molar-refractivity contribution in [1.29, 1.82) is 0 Å². The number of ether oxygens (including phenoxy) is 1. The fourth-order valence-corrected chi connectivity index (χ4v) is 2.83. The molecule has 0 aliphatic heterocycles. The number of nitrogens with one attached hydrogen (secondary N) is 1. The third-order valence-electron chi connectivity index (χ3n) is 3.29. The van der Waals surface area contributed by atoms with Gasteiger partial charge in [-0.25, -0.2) is 13.6 Å². The number of benzene rings is 1. The van der Waals surface area contributed by atoms with E-state index in [0.717, 1.165) is 6.07 Å². The van der Waals surface area contributed by atoms with Crippen LogP contribution in [0.2, 0.25) is 0 Å². The van der Waals surface area contributed by atoms with Crippen LogP contribution in [0.15, 0.2) is 24.3 Å². The molecule has 23 heavy (non-hydrogen) atoms. The Morgan fingerprint density at radius 3 is 2.39 bits per heavy atom. The number of hydrogen-bond donors (Lipinski definition) is 1. The Hall–Kier alpha value is -1.18. The Morgan fingerprint density at radius 2 is 1.91 bits per heavy atom. The van der Waals surface area contributed by atoms with Crippen LogP contribution in [-0.2, 0) is 26.4 Å². The zero-order valence-corrected chi connectivity index (χ0v) is 14.8. The van der Waals surface area contributed by atoms with Crippen LogP contribution >= 0.6 is 0 Å². The lowest BCUT2D eigenvalue weighted by molar-refractivity contribution is -0.152. The molecular formula is C16H23F2NO3S. The zero-order chi connectivity index (χ0) is 17.8. The van der Waals surface area contributed by atoms with Crippen molar-refractivity contribution in [2.24, 2.45) is 0 Å². The highest BCUT2D eigenvalue weighted by atomic mass is 32.2. The van der Waals surface area contributed by atoms with E-state index in [1.165, 1.54) is 25.1 Å². The maximum absolute atomic E-state index is 14.8. The van der Waals surface area contributed by atoms with Gasteiger partial charge in [-0.15, -0.1) is 4.72 Å². The quantitative estimate of drug-likeness (QED) is 0.635. The number of halogens is 2. The highest BCUT2D eigenvalue weighted by molar-refractivity contribution is 7.90. The van der Waals surface area contributed by atoms with Crippen LogP contribution in [0.25, 0.3) is 0 Å². The van der Waals surface area contributed by atoms with Gasteiger partial charge in [0.1, 0.15) is 16.1 Å². The van der Waals surface area contributed by atoms with Gasteiger partial charge in [-0.2, -0.15) is 0 Å². The molecular weight excluding hydrogens is 324 g/mol. The third-order valence-corrected chi connectivity index (χ3v) is 5.02. The molecule has 1 aromatic rings. The van der Waals surface area contributed by atoms with E-state index in [1.54, 1.807) is 27.7 Å². The summed E-state index contributed by atoms with van der Waals surface area (Å²) in [5.74, 6) is -1.82. The molecule has 0 aliphatic carbocycles. The monoisotopic (exact) mass is 347 g/mol. The molecule has 1 aromatic carbocycles. The van der Waals surface area contributed by atoms with E-state index in [2.05, 4.69) is 4.72 Å². The van der Waals surface area contributed by atoms with Crippen LogP contribution in [0.1, 0.15) is 40.2 Å². The van der Waals surface area contributed by atoms with Crippen molar-refractivity contribution >= 4 is 17.3 Å². The molecule has 0 spiro atoms. The van der Waals surface area contributed by atoms with Gasteiger partial charge in [0.05, 0.1) is 6.61 Å². The van der Waals surface area contributed by atoms with Crippen LogP contribution in [0.5, 0.6) is 0 Å². The molecule has 1 rings (SSSR count). The number of carbonyl (C=O) groups excluding carboxylic acids is 1. The zero-order valence-electron chi connectivity index (χ0n) is 14.0. The molecule has 0 aromatic heterocycles. The van der Waals surface area contributed by atoms with Gasteiger partial charge in [0.15, 0.2) is 0 Å². The van der Waals surface area contributed by atoms with Crippen molar-refractivity contribution in [3.8, 4) is 0 Å². The lowest BCUT2D eigenvalue weighted by Gasteiger charge is -2.36. The second-order valence-electron chi connectivity index (χ2n) is 6.28. The summed E-state index contributed by atoms with van der Waals surface area (Å²) in [6, 6.07) is 5.49. The van der Waals surface area contributed by atoms with Crippen LogP contribution in [-0.4, -0.2) is 28.0 Å². The number of carbonyl (C=O) groups is 1. The van der Waals surface area contributed by atoms with Crippen molar-refractivity contribution in [3.05, 3.63) is 35.6 Å². The first-order chi connectivity index (χ1) is 10.5.